The summed E-state index contributed by atoms with van der Waals surface area (Å²) in [6, 6.07) is 5.31. The van der Waals surface area contributed by atoms with E-state index in [9.17, 15) is 9.90 Å². The van der Waals surface area contributed by atoms with Gasteiger partial charge in [-0.1, -0.05) is 6.07 Å². The maximum Gasteiger partial charge on any atom is 0.272 e. The number of aromatic nitrogens is 2. The van der Waals surface area contributed by atoms with Gasteiger partial charge in [0, 0.05) is 11.4 Å². The normalized spacial score (nSPS) is 17.5. The molecule has 2 N–H and O–H groups in total. The molecule has 6 nitrogen and oxygen atoms in total. The van der Waals surface area contributed by atoms with Gasteiger partial charge in [0.15, 0.2) is 0 Å². The highest BCUT2D eigenvalue weighted by atomic mass is 32.1. The summed E-state index contributed by atoms with van der Waals surface area (Å²) in [5, 5.41) is 12.6. The Hall–Kier alpha value is -1.99. The van der Waals surface area contributed by atoms with E-state index >= 15 is 0 Å². The topological polar surface area (TPSA) is 78.4 Å². The largest absolute Gasteiger partial charge is 0.394 e. The predicted molar refractivity (Wildman–Crippen MR) is 89.6 cm³/mol. The summed E-state index contributed by atoms with van der Waals surface area (Å²) >= 11 is 1.60. The average molecular weight is 332 g/mol. The summed E-state index contributed by atoms with van der Waals surface area (Å²) in [6.07, 6.45) is 1.78. The van der Waals surface area contributed by atoms with E-state index in [1.165, 1.54) is 0 Å². The van der Waals surface area contributed by atoms with Gasteiger partial charge in [-0.15, -0.1) is 11.3 Å². The van der Waals surface area contributed by atoms with E-state index < -0.39 is 0 Å². The molecule has 1 saturated heterocycles. The highest BCUT2D eigenvalue weighted by molar-refractivity contribution is 7.09. The van der Waals surface area contributed by atoms with Gasteiger partial charge >= 0.3 is 0 Å². The van der Waals surface area contributed by atoms with Gasteiger partial charge in [0.2, 0.25) is 0 Å². The maximum absolute atomic E-state index is 12.6. The Morgan fingerprint density at radius 2 is 2.39 bits per heavy atom. The molecule has 0 bridgehead atoms. The van der Waals surface area contributed by atoms with Crippen LogP contribution in [-0.2, 0) is 6.54 Å². The van der Waals surface area contributed by atoms with Crippen molar-refractivity contribution < 1.29 is 9.90 Å². The predicted octanol–water partition coefficient (Wildman–Crippen LogP) is 2.06. The lowest BCUT2D eigenvalue weighted by molar-refractivity contribution is 0.0672. The molecule has 2 aromatic heterocycles. The molecule has 1 amide bonds. The quantitative estimate of drug-likeness (QED) is 0.876. The third kappa shape index (κ3) is 3.51. The molecular weight excluding hydrogens is 312 g/mol. The second kappa shape index (κ2) is 7.06. The van der Waals surface area contributed by atoms with Gasteiger partial charge < -0.3 is 15.3 Å². The minimum atomic E-state index is -0.112. The first-order valence-corrected chi connectivity index (χ1v) is 8.58. The first kappa shape index (κ1) is 15.9. The minimum Gasteiger partial charge on any atom is -0.394 e. The molecule has 1 atom stereocenters. The van der Waals surface area contributed by atoms with Crippen LogP contribution < -0.4 is 5.32 Å². The molecule has 0 aromatic carbocycles. The number of amides is 1. The Balaban J connectivity index is 1.69. The van der Waals surface area contributed by atoms with Crippen molar-refractivity contribution in [1.29, 1.82) is 0 Å². The molecule has 1 aliphatic heterocycles. The first-order chi connectivity index (χ1) is 11.2. The number of nitrogens with zero attached hydrogens (tertiary/aromatic N) is 3. The van der Waals surface area contributed by atoms with Crippen LogP contribution in [0.1, 0.15) is 33.9 Å². The summed E-state index contributed by atoms with van der Waals surface area (Å²) in [5.41, 5.74) is 3.25. The second-order valence-corrected chi connectivity index (χ2v) is 6.54. The van der Waals surface area contributed by atoms with Gasteiger partial charge in [-0.05, 0) is 31.9 Å². The maximum atomic E-state index is 12.6. The van der Waals surface area contributed by atoms with E-state index in [1.54, 1.807) is 22.3 Å². The molecule has 0 spiro atoms. The summed E-state index contributed by atoms with van der Waals surface area (Å²) in [5.74, 6) is 0.558. The number of pyridine rings is 1. The first-order valence-electron chi connectivity index (χ1n) is 7.70. The van der Waals surface area contributed by atoms with Crippen LogP contribution in [-0.4, -0.2) is 45.1 Å². The van der Waals surface area contributed by atoms with E-state index in [0.717, 1.165) is 23.4 Å². The number of anilines is 1. The van der Waals surface area contributed by atoms with E-state index in [1.807, 2.05) is 24.6 Å². The van der Waals surface area contributed by atoms with E-state index in [4.69, 9.17) is 0 Å². The van der Waals surface area contributed by atoms with Gasteiger partial charge in [0.25, 0.3) is 5.91 Å². The van der Waals surface area contributed by atoms with Crippen LogP contribution in [0.25, 0.3) is 0 Å². The van der Waals surface area contributed by atoms with Crippen molar-refractivity contribution in [3.8, 4) is 0 Å². The number of aliphatic hydroxyl groups excluding tert-OH is 1. The lowest BCUT2D eigenvalue weighted by Gasteiger charge is -2.22. The minimum absolute atomic E-state index is 0.00827. The van der Waals surface area contributed by atoms with Crippen molar-refractivity contribution in [1.82, 2.24) is 14.9 Å². The monoisotopic (exact) mass is 332 g/mol. The van der Waals surface area contributed by atoms with Gasteiger partial charge in [0.05, 0.1) is 30.4 Å². The zero-order chi connectivity index (χ0) is 16.2. The fourth-order valence-electron chi connectivity index (χ4n) is 2.76. The van der Waals surface area contributed by atoms with Crippen LogP contribution in [0.5, 0.6) is 0 Å². The third-order valence-corrected chi connectivity index (χ3v) is 5.03. The Morgan fingerprint density at radius 3 is 3.13 bits per heavy atom. The van der Waals surface area contributed by atoms with Crippen molar-refractivity contribution in [2.75, 3.05) is 18.5 Å². The van der Waals surface area contributed by atoms with Crippen LogP contribution in [0, 0.1) is 6.92 Å². The van der Waals surface area contributed by atoms with Crippen molar-refractivity contribution in [2.45, 2.75) is 32.4 Å². The molecule has 122 valence electrons. The van der Waals surface area contributed by atoms with Crippen LogP contribution >= 0.6 is 11.3 Å². The Bertz CT molecular complexity index is 688. The number of likely N-dealkylation sites (tertiary alicyclic amines) is 1. The number of thiazole rings is 1. The lowest BCUT2D eigenvalue weighted by atomic mass is 10.2. The summed E-state index contributed by atoms with van der Waals surface area (Å²) < 4.78 is 0. The summed E-state index contributed by atoms with van der Waals surface area (Å²) in [7, 11) is 0. The number of hydrogen-bond donors (Lipinski definition) is 2. The molecule has 1 fully saturated rings. The molecule has 0 saturated carbocycles. The van der Waals surface area contributed by atoms with Gasteiger partial charge in [-0.3, -0.25) is 4.79 Å². The molecule has 0 aliphatic carbocycles. The Kier molecular flexibility index (Phi) is 4.88. The zero-order valence-corrected chi connectivity index (χ0v) is 13.8. The molecule has 0 radical (unpaired) electrons. The number of carbonyl (C=O) groups excluding carboxylic acids is 1. The van der Waals surface area contributed by atoms with Crippen molar-refractivity contribution in [3.05, 3.63) is 40.0 Å². The van der Waals surface area contributed by atoms with E-state index in [-0.39, 0.29) is 18.6 Å². The summed E-state index contributed by atoms with van der Waals surface area (Å²) in [6.45, 7) is 3.31. The molecule has 23 heavy (non-hydrogen) atoms. The molecule has 7 heteroatoms. The lowest BCUT2D eigenvalue weighted by Crippen LogP contribution is -2.38. The number of carbonyl (C=O) groups is 1. The molecule has 3 rings (SSSR count). The second-order valence-electron chi connectivity index (χ2n) is 5.60. The van der Waals surface area contributed by atoms with Crippen molar-refractivity contribution >= 4 is 23.1 Å². The standard InChI is InChI=1S/C16H20N4O2S/c1-11-14(23-10-18-11)8-17-15-6-2-5-13(19-15)16(22)20-7-3-4-12(20)9-21/h2,5-6,10,12,21H,3-4,7-9H2,1H3,(H,17,19). The van der Waals surface area contributed by atoms with Crippen LogP contribution in [0.4, 0.5) is 5.82 Å². The molecular formula is C16H20N4O2S. The summed E-state index contributed by atoms with van der Waals surface area (Å²) in [4.78, 5) is 24.1. The van der Waals surface area contributed by atoms with Gasteiger partial charge in [-0.2, -0.15) is 0 Å². The molecule has 3 heterocycles. The number of rotatable bonds is 5. The van der Waals surface area contributed by atoms with Crippen molar-refractivity contribution in [3.63, 3.8) is 0 Å². The number of hydrogen-bond acceptors (Lipinski definition) is 6. The highest BCUT2D eigenvalue weighted by Gasteiger charge is 2.29. The zero-order valence-electron chi connectivity index (χ0n) is 13.0. The van der Waals surface area contributed by atoms with Gasteiger partial charge in [0.1, 0.15) is 11.5 Å². The number of aliphatic hydroxyl groups is 1. The van der Waals surface area contributed by atoms with Crippen LogP contribution in [0.3, 0.4) is 0 Å². The highest BCUT2D eigenvalue weighted by Crippen LogP contribution is 2.20. The fourth-order valence-corrected chi connectivity index (χ4v) is 3.48. The smallest absolute Gasteiger partial charge is 0.272 e. The van der Waals surface area contributed by atoms with E-state index in [0.29, 0.717) is 24.6 Å². The molecule has 2 aromatic rings. The van der Waals surface area contributed by atoms with Crippen LogP contribution in [0.2, 0.25) is 0 Å². The SMILES string of the molecule is Cc1ncsc1CNc1cccc(C(=O)N2CCCC2CO)n1. The number of nitrogens with one attached hydrogen (secondary N) is 1. The molecule has 1 aliphatic rings. The van der Waals surface area contributed by atoms with Gasteiger partial charge in [-0.25, -0.2) is 9.97 Å². The van der Waals surface area contributed by atoms with Crippen LogP contribution in [0.15, 0.2) is 23.7 Å². The van der Waals surface area contributed by atoms with Crippen molar-refractivity contribution in [2.24, 2.45) is 0 Å². The molecule has 1 unspecified atom stereocenters. The van der Waals surface area contributed by atoms with E-state index in [2.05, 4.69) is 15.3 Å². The fraction of sp³-hybridized carbons (Fsp3) is 0.438. The third-order valence-electron chi connectivity index (χ3n) is 4.09. The average Bonchev–Trinajstić information content (AvgIpc) is 3.21. The number of aryl methyl sites for hydroxylation is 1. The Morgan fingerprint density at radius 1 is 1.52 bits per heavy atom. The Labute approximate surface area is 139 Å².